The molecule has 0 radical (unpaired) electrons. The van der Waals surface area contributed by atoms with Crippen LogP contribution in [-0.4, -0.2) is 67.9 Å². The van der Waals surface area contributed by atoms with Crippen LogP contribution in [0.5, 0.6) is 11.5 Å². The van der Waals surface area contributed by atoms with Crippen LogP contribution < -0.4 is 20.1 Å². The first kappa shape index (κ1) is 29.4. The number of nitrogens with zero attached hydrogens (tertiary/aromatic N) is 1. The molecule has 0 bridgehead atoms. The molecule has 0 aliphatic carbocycles. The van der Waals surface area contributed by atoms with Crippen LogP contribution in [0.1, 0.15) is 37.5 Å². The number of aliphatic hydroxyl groups is 1. The Balaban J connectivity index is 2.24. The van der Waals surface area contributed by atoms with Crippen LogP contribution in [0.4, 0.5) is 5.69 Å². The maximum Gasteiger partial charge on any atom is 0.315 e. The molecule has 38 heavy (non-hydrogen) atoms. The minimum atomic E-state index is -1.49. The first-order chi connectivity index (χ1) is 18.0. The highest BCUT2D eigenvalue weighted by Gasteiger charge is 2.41. The van der Waals surface area contributed by atoms with Gasteiger partial charge < -0.3 is 35.1 Å². The number of ether oxygens (including phenoxy) is 3. The summed E-state index contributed by atoms with van der Waals surface area (Å²) >= 11 is 6.39. The molecular formula is C27H33ClN2O8. The second-order valence-electron chi connectivity index (χ2n) is 9.83. The molecule has 3 atom stereocenters. The minimum absolute atomic E-state index is 0.0895. The zero-order valence-electron chi connectivity index (χ0n) is 21.8. The largest absolute Gasteiger partial charge is 0.493 e. The van der Waals surface area contributed by atoms with Crippen LogP contribution in [0.25, 0.3) is 0 Å². The number of methoxy groups -OCH3 is 2. The Morgan fingerprint density at radius 2 is 1.89 bits per heavy atom. The lowest BCUT2D eigenvalue weighted by Gasteiger charge is -2.32. The molecule has 10 nitrogen and oxygen atoms in total. The van der Waals surface area contributed by atoms with E-state index >= 15 is 0 Å². The fourth-order valence-corrected chi connectivity index (χ4v) is 4.58. The lowest BCUT2D eigenvalue weighted by molar-refractivity contribution is -0.148. The topological polar surface area (TPSA) is 149 Å². The lowest BCUT2D eigenvalue weighted by atomic mass is 9.92. The number of carboxylic acids is 1. The van der Waals surface area contributed by atoms with E-state index in [0.29, 0.717) is 33.3 Å². The summed E-state index contributed by atoms with van der Waals surface area (Å²) in [6.07, 6.45) is -2.83. The van der Waals surface area contributed by atoms with E-state index in [0.717, 1.165) is 0 Å². The molecule has 0 spiro atoms. The van der Waals surface area contributed by atoms with Gasteiger partial charge in [-0.15, -0.1) is 0 Å². The number of nitrogens with two attached hydrogens (primary N) is 1. The third-order valence-corrected chi connectivity index (χ3v) is 6.68. The maximum atomic E-state index is 14.0. The van der Waals surface area contributed by atoms with Gasteiger partial charge in [0.1, 0.15) is 18.1 Å². The first-order valence-electron chi connectivity index (χ1n) is 12.0. The number of carbonyl (C=O) groups excluding carboxylic acids is 2. The Kier molecular flexibility index (Phi) is 9.37. The van der Waals surface area contributed by atoms with E-state index in [1.807, 2.05) is 0 Å². The van der Waals surface area contributed by atoms with Gasteiger partial charge in [-0.25, -0.2) is 0 Å². The highest BCUT2D eigenvalue weighted by Crippen LogP contribution is 2.45. The van der Waals surface area contributed by atoms with Gasteiger partial charge in [0, 0.05) is 53.4 Å². The van der Waals surface area contributed by atoms with E-state index < -0.39 is 54.2 Å². The Morgan fingerprint density at radius 3 is 2.47 bits per heavy atom. The smallest absolute Gasteiger partial charge is 0.315 e. The number of aliphatic hydroxyl groups excluding tert-OH is 1. The van der Waals surface area contributed by atoms with Gasteiger partial charge in [0.05, 0.1) is 14.2 Å². The standard InChI is InChI=1S/C27H33ClN2O8/c1-27(2,14-31)13-30-19-9-8-15(28)10-17(19)23(16-6-5-7-21(36-3)24(16)37-4)38-22(25(30)33)11-20(32)18(12-29)26(34)35/h5-10,18,22-23,31H,11-14,29H2,1-4H3,(H,34,35)/t18-,22+,23+/m0/s1. The number of aliphatic carboxylic acids is 1. The molecule has 0 saturated heterocycles. The molecule has 0 unspecified atom stereocenters. The molecule has 2 aromatic carbocycles. The highest BCUT2D eigenvalue weighted by atomic mass is 35.5. The van der Waals surface area contributed by atoms with E-state index in [1.54, 1.807) is 50.2 Å². The third kappa shape index (κ3) is 6.10. The molecule has 0 fully saturated rings. The van der Waals surface area contributed by atoms with Crippen LogP contribution in [0.2, 0.25) is 5.02 Å². The van der Waals surface area contributed by atoms with Crippen molar-refractivity contribution in [2.75, 3.05) is 38.8 Å². The number of fused-ring (bicyclic) bond motifs is 1. The number of halogens is 1. The van der Waals surface area contributed by atoms with Gasteiger partial charge in [0.2, 0.25) is 0 Å². The zero-order valence-corrected chi connectivity index (χ0v) is 22.5. The van der Waals surface area contributed by atoms with E-state index in [-0.39, 0.29) is 13.2 Å². The second-order valence-corrected chi connectivity index (χ2v) is 10.3. The van der Waals surface area contributed by atoms with Gasteiger partial charge in [-0.2, -0.15) is 0 Å². The average molecular weight is 549 g/mol. The number of carboxylic acid groups (broad SMARTS) is 1. The van der Waals surface area contributed by atoms with Crippen molar-refractivity contribution in [2.24, 2.45) is 17.1 Å². The monoisotopic (exact) mass is 548 g/mol. The predicted octanol–water partition coefficient (Wildman–Crippen LogP) is 2.82. The summed E-state index contributed by atoms with van der Waals surface area (Å²) in [5.74, 6) is -3.38. The number of Topliss-reactive ketones (excluding diaryl/α,β-unsaturated/α-hetero) is 1. The maximum absolute atomic E-state index is 14.0. The zero-order chi connectivity index (χ0) is 28.2. The van der Waals surface area contributed by atoms with Gasteiger partial charge in [0.25, 0.3) is 5.91 Å². The number of amides is 1. The summed E-state index contributed by atoms with van der Waals surface area (Å²) < 4.78 is 17.4. The van der Waals surface area contributed by atoms with E-state index in [4.69, 9.17) is 31.5 Å². The third-order valence-electron chi connectivity index (χ3n) is 6.44. The number of benzene rings is 2. The van der Waals surface area contributed by atoms with Gasteiger partial charge >= 0.3 is 5.97 Å². The summed E-state index contributed by atoms with van der Waals surface area (Å²) in [5.41, 5.74) is 6.33. The Morgan fingerprint density at radius 1 is 1.18 bits per heavy atom. The number of ketones is 1. The predicted molar refractivity (Wildman–Crippen MR) is 141 cm³/mol. The van der Waals surface area contributed by atoms with Crippen molar-refractivity contribution in [3.63, 3.8) is 0 Å². The highest BCUT2D eigenvalue weighted by molar-refractivity contribution is 6.30. The molecule has 206 valence electrons. The van der Waals surface area contributed by atoms with Crippen LogP contribution in [-0.2, 0) is 19.1 Å². The van der Waals surface area contributed by atoms with Crippen molar-refractivity contribution in [1.82, 2.24) is 0 Å². The number of hydrogen-bond donors (Lipinski definition) is 3. The van der Waals surface area contributed by atoms with Crippen molar-refractivity contribution < 1.29 is 38.8 Å². The number of hydrogen-bond acceptors (Lipinski definition) is 8. The van der Waals surface area contributed by atoms with Gasteiger partial charge in [-0.05, 0) is 24.3 Å². The summed E-state index contributed by atoms with van der Waals surface area (Å²) in [4.78, 5) is 40.0. The fourth-order valence-electron chi connectivity index (χ4n) is 4.40. The lowest BCUT2D eigenvalue weighted by Crippen LogP contribution is -2.46. The Labute approximate surface area is 226 Å². The fraction of sp³-hybridized carbons (Fsp3) is 0.444. The van der Waals surface area contributed by atoms with Gasteiger partial charge in [-0.3, -0.25) is 14.4 Å². The molecule has 1 aliphatic heterocycles. The van der Waals surface area contributed by atoms with E-state index in [9.17, 15) is 24.6 Å². The second kappa shape index (κ2) is 12.1. The number of anilines is 1. The average Bonchev–Trinajstić information content (AvgIpc) is 2.98. The Bertz CT molecular complexity index is 1200. The van der Waals surface area contributed by atoms with Crippen LogP contribution in [0, 0.1) is 11.3 Å². The normalized spacial score (nSPS) is 18.4. The minimum Gasteiger partial charge on any atom is -0.493 e. The first-order valence-corrected chi connectivity index (χ1v) is 12.4. The quantitative estimate of drug-likeness (QED) is 0.360. The van der Waals surface area contributed by atoms with Gasteiger partial charge in [-0.1, -0.05) is 37.6 Å². The number of para-hydroxylation sites is 1. The summed E-state index contributed by atoms with van der Waals surface area (Å²) in [6.45, 7) is 3.04. The Hall–Kier alpha value is -3.18. The molecule has 3 rings (SSSR count). The summed E-state index contributed by atoms with van der Waals surface area (Å²) in [7, 11) is 2.96. The number of rotatable bonds is 11. The molecule has 0 saturated carbocycles. The molecule has 1 heterocycles. The van der Waals surface area contributed by atoms with E-state index in [1.165, 1.54) is 19.1 Å². The molecule has 4 N–H and O–H groups in total. The molecule has 1 aliphatic rings. The van der Waals surface area contributed by atoms with Crippen molar-refractivity contribution in [3.05, 3.63) is 52.5 Å². The van der Waals surface area contributed by atoms with Crippen molar-refractivity contribution in [3.8, 4) is 11.5 Å². The van der Waals surface area contributed by atoms with Gasteiger partial charge in [0.15, 0.2) is 17.3 Å². The van der Waals surface area contributed by atoms with Crippen LogP contribution >= 0.6 is 11.6 Å². The molecule has 0 aromatic heterocycles. The van der Waals surface area contributed by atoms with Crippen LogP contribution in [0.3, 0.4) is 0 Å². The van der Waals surface area contributed by atoms with Crippen LogP contribution in [0.15, 0.2) is 36.4 Å². The summed E-state index contributed by atoms with van der Waals surface area (Å²) in [6, 6.07) is 10.2. The SMILES string of the molecule is COc1cccc([C@H]2O[C@H](CC(=O)[C@H](CN)C(=O)O)C(=O)N(CC(C)(C)CO)c3ccc(Cl)cc32)c1OC. The van der Waals surface area contributed by atoms with E-state index in [2.05, 4.69) is 0 Å². The van der Waals surface area contributed by atoms with Crippen molar-refractivity contribution in [2.45, 2.75) is 32.5 Å². The molecule has 1 amide bonds. The van der Waals surface area contributed by atoms with Crippen molar-refractivity contribution >= 4 is 34.9 Å². The molecule has 11 heteroatoms. The van der Waals surface area contributed by atoms with Crippen molar-refractivity contribution in [1.29, 1.82) is 0 Å². The summed E-state index contributed by atoms with van der Waals surface area (Å²) in [5, 5.41) is 19.8. The molecular weight excluding hydrogens is 516 g/mol. The molecule has 2 aromatic rings. The number of carbonyl (C=O) groups is 3.